The first-order valence-electron chi connectivity index (χ1n) is 8.92. The van der Waals surface area contributed by atoms with Crippen LogP contribution >= 0.6 is 0 Å². The first-order chi connectivity index (χ1) is 11.2. The molecule has 1 aliphatic carbocycles. The van der Waals surface area contributed by atoms with Gasteiger partial charge in [0.1, 0.15) is 0 Å². The van der Waals surface area contributed by atoms with E-state index < -0.39 is 17.7 Å². The second kappa shape index (κ2) is 7.26. The number of fused-ring (bicyclic) bond motifs is 1. The third kappa shape index (κ3) is 3.82. The van der Waals surface area contributed by atoms with E-state index in [1.54, 1.807) is 0 Å². The van der Waals surface area contributed by atoms with Gasteiger partial charge in [0.2, 0.25) is 6.29 Å². The molecule has 1 aliphatic heterocycles. The number of esters is 2. The number of hydrogen-bond acceptors (Lipinski definition) is 5. The van der Waals surface area contributed by atoms with Crippen LogP contribution in [-0.2, 0) is 23.8 Å². The van der Waals surface area contributed by atoms with Gasteiger partial charge in [-0.05, 0) is 32.1 Å². The highest BCUT2D eigenvalue weighted by Gasteiger charge is 2.57. The Balaban J connectivity index is 2.06. The molecule has 3 unspecified atom stereocenters. The van der Waals surface area contributed by atoms with Gasteiger partial charge < -0.3 is 14.2 Å². The second-order valence-electron chi connectivity index (χ2n) is 8.05. The molecule has 0 aromatic heterocycles. The number of cyclic esters (lactones) is 1. The Morgan fingerprint density at radius 2 is 2.12 bits per heavy atom. The number of ether oxygens (including phenoxy) is 3. The maximum atomic E-state index is 12.8. The Morgan fingerprint density at radius 3 is 2.75 bits per heavy atom. The van der Waals surface area contributed by atoms with Gasteiger partial charge in [0.05, 0.1) is 18.1 Å². The topological polar surface area (TPSA) is 61.8 Å². The van der Waals surface area contributed by atoms with Gasteiger partial charge in [-0.15, -0.1) is 0 Å². The van der Waals surface area contributed by atoms with Crippen molar-refractivity contribution < 1.29 is 23.8 Å². The fourth-order valence-corrected chi connectivity index (χ4v) is 3.38. The number of unbranched alkanes of at least 4 members (excludes halogenated alkanes) is 1. The molecule has 1 saturated carbocycles. The van der Waals surface area contributed by atoms with Crippen LogP contribution in [0.5, 0.6) is 0 Å². The maximum absolute atomic E-state index is 12.8. The minimum absolute atomic E-state index is 0.219. The van der Waals surface area contributed by atoms with Crippen molar-refractivity contribution in [3.05, 3.63) is 12.2 Å². The van der Waals surface area contributed by atoms with E-state index in [1.807, 2.05) is 27.7 Å². The molecule has 0 N–H and O–H groups in total. The monoisotopic (exact) mass is 338 g/mol. The van der Waals surface area contributed by atoms with E-state index in [2.05, 4.69) is 6.58 Å². The molecule has 1 heterocycles. The van der Waals surface area contributed by atoms with Crippen molar-refractivity contribution in [1.82, 2.24) is 0 Å². The first-order valence-corrected chi connectivity index (χ1v) is 8.92. The lowest BCUT2D eigenvalue weighted by Gasteiger charge is -2.44. The van der Waals surface area contributed by atoms with E-state index in [-0.39, 0.29) is 23.9 Å². The smallest absolute Gasteiger partial charge is 0.333 e. The summed E-state index contributed by atoms with van der Waals surface area (Å²) in [4.78, 5) is 24.9. The summed E-state index contributed by atoms with van der Waals surface area (Å²) < 4.78 is 16.9. The zero-order valence-corrected chi connectivity index (χ0v) is 15.4. The van der Waals surface area contributed by atoms with Gasteiger partial charge in [0.15, 0.2) is 0 Å². The van der Waals surface area contributed by atoms with Crippen molar-refractivity contribution >= 4 is 11.9 Å². The fraction of sp³-hybridized carbons (Fsp3) is 0.789. The molecule has 3 atom stereocenters. The lowest BCUT2D eigenvalue weighted by Crippen LogP contribution is -2.53. The van der Waals surface area contributed by atoms with Gasteiger partial charge in [-0.25, -0.2) is 4.79 Å². The van der Waals surface area contributed by atoms with Crippen molar-refractivity contribution in [2.45, 2.75) is 78.6 Å². The van der Waals surface area contributed by atoms with Gasteiger partial charge in [-0.1, -0.05) is 40.7 Å². The van der Waals surface area contributed by atoms with Crippen molar-refractivity contribution in [3.8, 4) is 0 Å². The highest BCUT2D eigenvalue weighted by molar-refractivity contribution is 5.90. The molecule has 1 saturated heterocycles. The van der Waals surface area contributed by atoms with Gasteiger partial charge in [-0.3, -0.25) is 4.79 Å². The molecule has 2 rings (SSSR count). The Labute approximate surface area is 144 Å². The zero-order chi connectivity index (χ0) is 18.0. The minimum Gasteiger partial charge on any atom is -0.462 e. The van der Waals surface area contributed by atoms with Crippen LogP contribution in [0.15, 0.2) is 12.2 Å². The van der Waals surface area contributed by atoms with Crippen LogP contribution in [-0.4, -0.2) is 30.9 Å². The summed E-state index contributed by atoms with van der Waals surface area (Å²) >= 11 is 0. The summed E-state index contributed by atoms with van der Waals surface area (Å²) in [7, 11) is 0. The average molecular weight is 338 g/mol. The van der Waals surface area contributed by atoms with E-state index in [0.717, 1.165) is 25.7 Å². The molecule has 0 aromatic carbocycles. The summed E-state index contributed by atoms with van der Waals surface area (Å²) in [6, 6.07) is 0. The average Bonchev–Trinajstić information content (AvgIpc) is 2.90. The molecule has 24 heavy (non-hydrogen) atoms. The lowest BCUT2D eigenvalue weighted by atomic mass is 9.77. The maximum Gasteiger partial charge on any atom is 0.333 e. The molecule has 0 spiro atoms. The Morgan fingerprint density at radius 1 is 1.42 bits per heavy atom. The molecule has 2 aliphatic rings. The van der Waals surface area contributed by atoms with Crippen LogP contribution < -0.4 is 0 Å². The molecule has 5 nitrogen and oxygen atoms in total. The highest BCUT2D eigenvalue weighted by atomic mass is 16.7. The van der Waals surface area contributed by atoms with Crippen LogP contribution in [0.1, 0.15) is 66.2 Å². The molecule has 5 heteroatoms. The van der Waals surface area contributed by atoms with Crippen LogP contribution in [0, 0.1) is 10.8 Å². The van der Waals surface area contributed by atoms with E-state index in [4.69, 9.17) is 14.2 Å². The van der Waals surface area contributed by atoms with Crippen LogP contribution in [0.3, 0.4) is 0 Å². The standard InChI is InChI=1S/C19H30O5/c1-6-7-11-22-15(20)13(2)12-19-10-8-9-14(19)23-17(18(3,4)5)24-16(19)21/h14,17H,2,6-12H2,1,3-5H3. The van der Waals surface area contributed by atoms with Gasteiger partial charge in [0.25, 0.3) is 0 Å². The summed E-state index contributed by atoms with van der Waals surface area (Å²) in [5, 5.41) is 0. The minimum atomic E-state index is -0.789. The fourth-order valence-electron chi connectivity index (χ4n) is 3.38. The second-order valence-corrected chi connectivity index (χ2v) is 8.05. The number of hydrogen-bond donors (Lipinski definition) is 0. The highest BCUT2D eigenvalue weighted by Crippen LogP contribution is 2.50. The Hall–Kier alpha value is -1.36. The molecular formula is C19H30O5. The normalized spacial score (nSPS) is 29.8. The SMILES string of the molecule is C=C(CC12CCCC1OC(C(C)(C)C)OC2=O)C(=O)OCCCC. The van der Waals surface area contributed by atoms with E-state index in [0.29, 0.717) is 18.6 Å². The van der Waals surface area contributed by atoms with Gasteiger partial charge >= 0.3 is 11.9 Å². The molecule has 0 amide bonds. The van der Waals surface area contributed by atoms with Crippen molar-refractivity contribution in [3.63, 3.8) is 0 Å². The van der Waals surface area contributed by atoms with Gasteiger partial charge in [0, 0.05) is 11.0 Å². The molecule has 0 aromatic rings. The van der Waals surface area contributed by atoms with Crippen LogP contribution in [0.2, 0.25) is 0 Å². The van der Waals surface area contributed by atoms with Crippen LogP contribution in [0.25, 0.3) is 0 Å². The van der Waals surface area contributed by atoms with E-state index >= 15 is 0 Å². The first kappa shape index (κ1) is 19.0. The molecule has 0 bridgehead atoms. The predicted molar refractivity (Wildman–Crippen MR) is 90.1 cm³/mol. The molecular weight excluding hydrogens is 308 g/mol. The van der Waals surface area contributed by atoms with E-state index in [9.17, 15) is 9.59 Å². The number of rotatable bonds is 6. The lowest BCUT2D eigenvalue weighted by molar-refractivity contribution is -0.269. The Kier molecular flexibility index (Phi) is 5.74. The number of carbonyl (C=O) groups is 2. The Bertz CT molecular complexity index is 504. The third-order valence-corrected chi connectivity index (χ3v) is 4.87. The molecule has 0 radical (unpaired) electrons. The number of carbonyl (C=O) groups excluding carboxylic acids is 2. The summed E-state index contributed by atoms with van der Waals surface area (Å²) in [5.41, 5.74) is -0.740. The zero-order valence-electron chi connectivity index (χ0n) is 15.4. The third-order valence-electron chi connectivity index (χ3n) is 4.87. The van der Waals surface area contributed by atoms with Gasteiger partial charge in [-0.2, -0.15) is 0 Å². The summed E-state index contributed by atoms with van der Waals surface area (Å²) in [5.74, 6) is -0.687. The van der Waals surface area contributed by atoms with Crippen LogP contribution in [0.4, 0.5) is 0 Å². The van der Waals surface area contributed by atoms with E-state index in [1.165, 1.54) is 0 Å². The quantitative estimate of drug-likeness (QED) is 0.419. The summed E-state index contributed by atoms with van der Waals surface area (Å²) in [6.45, 7) is 12.2. The van der Waals surface area contributed by atoms with Crippen molar-refractivity contribution in [2.75, 3.05) is 6.61 Å². The largest absolute Gasteiger partial charge is 0.462 e. The predicted octanol–water partition coefficient (Wildman–Crippen LogP) is 3.76. The summed E-state index contributed by atoms with van der Waals surface area (Å²) in [6.07, 6.45) is 3.61. The van der Waals surface area contributed by atoms with Crippen molar-refractivity contribution in [2.24, 2.45) is 10.8 Å². The molecule has 136 valence electrons. The molecule has 2 fully saturated rings. The van der Waals surface area contributed by atoms with Crippen molar-refractivity contribution in [1.29, 1.82) is 0 Å².